The molecule has 0 radical (unpaired) electrons. The summed E-state index contributed by atoms with van der Waals surface area (Å²) in [6.07, 6.45) is 0. The molecule has 2 rings (SSSR count). The summed E-state index contributed by atoms with van der Waals surface area (Å²) in [7, 11) is 0. The molecule has 0 saturated carbocycles. The molecule has 0 fully saturated rings. The molecule has 0 heterocycles. The van der Waals surface area contributed by atoms with E-state index in [9.17, 15) is 4.39 Å². The lowest BCUT2D eigenvalue weighted by atomic mass is 10.1. The highest BCUT2D eigenvalue weighted by molar-refractivity contribution is 9.10. The fourth-order valence-corrected chi connectivity index (χ4v) is 2.08. The number of hydrogen-bond acceptors (Lipinski definition) is 2. The summed E-state index contributed by atoms with van der Waals surface area (Å²) in [5.74, 6) is 0.837. The van der Waals surface area contributed by atoms with Crippen molar-refractivity contribution in [3.8, 4) is 11.5 Å². The maximum Gasteiger partial charge on any atom is 0.150 e. The van der Waals surface area contributed by atoms with E-state index in [0.717, 1.165) is 15.6 Å². The molecule has 4 heteroatoms. The van der Waals surface area contributed by atoms with E-state index in [2.05, 4.69) is 15.9 Å². The molecule has 0 bridgehead atoms. The summed E-state index contributed by atoms with van der Waals surface area (Å²) in [5.41, 5.74) is 8.72. The average molecular weight is 324 g/mol. The Balaban J connectivity index is 2.39. The molecule has 2 aromatic rings. The summed E-state index contributed by atoms with van der Waals surface area (Å²) in [4.78, 5) is 0. The van der Waals surface area contributed by atoms with Crippen LogP contribution in [0.3, 0.4) is 0 Å². The second-order valence-corrected chi connectivity index (χ2v) is 5.41. The standard InChI is InChI=1S/C15H15BrFNO/c1-8-6-14(13(18)7-12(8)17)19-11-4-9(2)15(16)10(3)5-11/h4-7H,18H2,1-3H3. The van der Waals surface area contributed by atoms with Crippen molar-refractivity contribution >= 4 is 21.6 Å². The van der Waals surface area contributed by atoms with Crippen LogP contribution in [0.4, 0.5) is 10.1 Å². The van der Waals surface area contributed by atoms with Gasteiger partial charge in [0, 0.05) is 10.5 Å². The van der Waals surface area contributed by atoms with Crippen LogP contribution < -0.4 is 10.5 Å². The highest BCUT2D eigenvalue weighted by Crippen LogP contribution is 2.33. The van der Waals surface area contributed by atoms with E-state index in [4.69, 9.17) is 10.5 Å². The third kappa shape index (κ3) is 2.89. The Morgan fingerprint density at radius 2 is 1.58 bits per heavy atom. The maximum absolute atomic E-state index is 13.3. The molecular weight excluding hydrogens is 309 g/mol. The second-order valence-electron chi connectivity index (χ2n) is 4.61. The van der Waals surface area contributed by atoms with Crippen molar-refractivity contribution in [1.82, 2.24) is 0 Å². The zero-order valence-corrected chi connectivity index (χ0v) is 12.6. The monoisotopic (exact) mass is 323 g/mol. The van der Waals surface area contributed by atoms with Crippen LogP contribution >= 0.6 is 15.9 Å². The number of benzene rings is 2. The highest BCUT2D eigenvalue weighted by Gasteiger charge is 2.09. The Labute approximate surface area is 120 Å². The highest BCUT2D eigenvalue weighted by atomic mass is 79.9. The number of nitrogens with two attached hydrogens (primary N) is 1. The molecule has 0 atom stereocenters. The summed E-state index contributed by atoms with van der Waals surface area (Å²) in [6, 6.07) is 6.71. The molecule has 2 aromatic carbocycles. The van der Waals surface area contributed by atoms with E-state index < -0.39 is 0 Å². The third-order valence-electron chi connectivity index (χ3n) is 2.93. The lowest BCUT2D eigenvalue weighted by Crippen LogP contribution is -1.96. The van der Waals surface area contributed by atoms with Gasteiger partial charge in [-0.3, -0.25) is 0 Å². The predicted octanol–water partition coefficient (Wildman–Crippen LogP) is 4.89. The normalized spacial score (nSPS) is 10.6. The molecule has 0 unspecified atom stereocenters. The maximum atomic E-state index is 13.3. The number of aryl methyl sites for hydroxylation is 3. The molecule has 2 nitrogen and oxygen atoms in total. The van der Waals surface area contributed by atoms with E-state index in [1.807, 2.05) is 26.0 Å². The van der Waals surface area contributed by atoms with Gasteiger partial charge in [-0.15, -0.1) is 0 Å². The van der Waals surface area contributed by atoms with Crippen molar-refractivity contribution in [2.75, 3.05) is 5.73 Å². The zero-order valence-electron chi connectivity index (χ0n) is 11.1. The molecular formula is C15H15BrFNO. The number of halogens is 2. The summed E-state index contributed by atoms with van der Waals surface area (Å²) < 4.78 is 20.1. The van der Waals surface area contributed by atoms with Crippen LogP contribution in [0.15, 0.2) is 28.7 Å². The predicted molar refractivity (Wildman–Crippen MR) is 79.2 cm³/mol. The Kier molecular flexibility index (Phi) is 3.80. The van der Waals surface area contributed by atoms with Crippen LogP contribution in [0.5, 0.6) is 11.5 Å². The van der Waals surface area contributed by atoms with Crippen molar-refractivity contribution in [3.05, 3.63) is 51.2 Å². The zero-order chi connectivity index (χ0) is 14.2. The van der Waals surface area contributed by atoms with E-state index in [-0.39, 0.29) is 5.82 Å². The van der Waals surface area contributed by atoms with E-state index in [0.29, 0.717) is 22.7 Å². The van der Waals surface area contributed by atoms with Gasteiger partial charge >= 0.3 is 0 Å². The fourth-order valence-electron chi connectivity index (χ4n) is 1.85. The minimum Gasteiger partial charge on any atom is -0.455 e. The van der Waals surface area contributed by atoms with E-state index in [1.165, 1.54) is 6.07 Å². The molecule has 0 aliphatic rings. The van der Waals surface area contributed by atoms with Gasteiger partial charge in [0.15, 0.2) is 5.75 Å². The molecule has 0 amide bonds. The van der Waals surface area contributed by atoms with Crippen LogP contribution in [-0.2, 0) is 0 Å². The van der Waals surface area contributed by atoms with Crippen LogP contribution in [0.2, 0.25) is 0 Å². The van der Waals surface area contributed by atoms with Crippen molar-refractivity contribution < 1.29 is 9.13 Å². The lowest BCUT2D eigenvalue weighted by molar-refractivity contribution is 0.481. The van der Waals surface area contributed by atoms with Gasteiger partial charge in [0.2, 0.25) is 0 Å². The van der Waals surface area contributed by atoms with Gasteiger partial charge < -0.3 is 10.5 Å². The summed E-state index contributed by atoms with van der Waals surface area (Å²) in [6.45, 7) is 5.66. The Morgan fingerprint density at radius 3 is 2.16 bits per heavy atom. The van der Waals surface area contributed by atoms with Gasteiger partial charge in [-0.05, 0) is 55.7 Å². The van der Waals surface area contributed by atoms with Gasteiger partial charge in [-0.25, -0.2) is 4.39 Å². The number of hydrogen-bond donors (Lipinski definition) is 1. The molecule has 0 aliphatic heterocycles. The molecule has 0 aromatic heterocycles. The van der Waals surface area contributed by atoms with Crippen molar-refractivity contribution in [1.29, 1.82) is 0 Å². The second kappa shape index (κ2) is 5.21. The molecule has 100 valence electrons. The molecule has 2 N–H and O–H groups in total. The first-order chi connectivity index (χ1) is 8.88. The topological polar surface area (TPSA) is 35.2 Å². The molecule has 0 aliphatic carbocycles. The first kappa shape index (κ1) is 13.9. The number of anilines is 1. The number of ether oxygens (including phenoxy) is 1. The smallest absolute Gasteiger partial charge is 0.150 e. The van der Waals surface area contributed by atoms with E-state index >= 15 is 0 Å². The van der Waals surface area contributed by atoms with Crippen LogP contribution in [0.25, 0.3) is 0 Å². The Hall–Kier alpha value is -1.55. The number of rotatable bonds is 2. The minimum atomic E-state index is -0.326. The molecule has 0 spiro atoms. The van der Waals surface area contributed by atoms with Gasteiger partial charge in [-0.2, -0.15) is 0 Å². The first-order valence-electron chi connectivity index (χ1n) is 5.88. The Morgan fingerprint density at radius 1 is 1.00 bits per heavy atom. The van der Waals surface area contributed by atoms with Crippen molar-refractivity contribution in [3.63, 3.8) is 0 Å². The first-order valence-corrected chi connectivity index (χ1v) is 6.68. The van der Waals surface area contributed by atoms with Gasteiger partial charge in [-0.1, -0.05) is 15.9 Å². The number of nitrogen functional groups attached to an aromatic ring is 1. The lowest BCUT2D eigenvalue weighted by Gasteiger charge is -2.12. The minimum absolute atomic E-state index is 0.293. The van der Waals surface area contributed by atoms with Crippen molar-refractivity contribution in [2.24, 2.45) is 0 Å². The Bertz CT molecular complexity index is 617. The van der Waals surface area contributed by atoms with Gasteiger partial charge in [0.05, 0.1) is 5.69 Å². The molecule has 19 heavy (non-hydrogen) atoms. The van der Waals surface area contributed by atoms with Crippen LogP contribution in [0, 0.1) is 26.6 Å². The quantitative estimate of drug-likeness (QED) is 0.799. The fraction of sp³-hybridized carbons (Fsp3) is 0.200. The SMILES string of the molecule is Cc1cc(Oc2cc(C)c(Br)c(C)c2)c(N)cc1F. The van der Waals surface area contributed by atoms with Gasteiger partial charge in [0.1, 0.15) is 11.6 Å². The third-order valence-corrected chi connectivity index (χ3v) is 4.18. The van der Waals surface area contributed by atoms with Crippen LogP contribution in [0.1, 0.15) is 16.7 Å². The molecule has 0 saturated heterocycles. The van der Waals surface area contributed by atoms with E-state index in [1.54, 1.807) is 13.0 Å². The average Bonchev–Trinajstić information content (AvgIpc) is 2.33. The van der Waals surface area contributed by atoms with Crippen LogP contribution in [-0.4, -0.2) is 0 Å². The summed E-state index contributed by atoms with van der Waals surface area (Å²) in [5, 5.41) is 0. The van der Waals surface area contributed by atoms with Crippen molar-refractivity contribution in [2.45, 2.75) is 20.8 Å². The van der Waals surface area contributed by atoms with Gasteiger partial charge in [0.25, 0.3) is 0 Å². The summed E-state index contributed by atoms with van der Waals surface area (Å²) >= 11 is 3.50. The largest absolute Gasteiger partial charge is 0.455 e.